The number of hydrazone groups is 1. The molecule has 0 aliphatic heterocycles. The van der Waals surface area contributed by atoms with Gasteiger partial charge in [-0.2, -0.15) is 5.10 Å². The summed E-state index contributed by atoms with van der Waals surface area (Å²) in [5.74, 6) is -0.166. The molecule has 0 radical (unpaired) electrons. The van der Waals surface area contributed by atoms with E-state index in [2.05, 4.69) is 10.5 Å². The molecule has 1 N–H and O–H groups in total. The van der Waals surface area contributed by atoms with Gasteiger partial charge < -0.3 is 14.0 Å². The third-order valence-corrected chi connectivity index (χ3v) is 4.81. The molecular formula is C26H21N3O4. The number of methoxy groups -OCH3 is 1. The number of benzene rings is 3. The highest BCUT2D eigenvalue weighted by Gasteiger charge is 2.13. The molecule has 0 saturated heterocycles. The molecule has 7 nitrogen and oxygen atoms in total. The molecule has 0 aliphatic carbocycles. The number of amides is 1. The predicted molar refractivity (Wildman–Crippen MR) is 125 cm³/mol. The zero-order chi connectivity index (χ0) is 23.0. The van der Waals surface area contributed by atoms with Crippen LogP contribution in [0.25, 0.3) is 5.69 Å². The lowest BCUT2D eigenvalue weighted by molar-refractivity contribution is 0.0729. The van der Waals surface area contributed by atoms with E-state index in [0.29, 0.717) is 22.4 Å². The van der Waals surface area contributed by atoms with Crippen LogP contribution in [0.1, 0.15) is 26.3 Å². The molecule has 0 aliphatic rings. The number of carbonyl (C=O) groups excluding carboxylic acids is 2. The molecule has 0 fully saturated rings. The number of rotatable bonds is 7. The average molecular weight is 439 g/mol. The van der Waals surface area contributed by atoms with Crippen molar-refractivity contribution in [2.75, 3.05) is 7.11 Å². The van der Waals surface area contributed by atoms with Crippen LogP contribution in [0.4, 0.5) is 0 Å². The van der Waals surface area contributed by atoms with Gasteiger partial charge in [-0.1, -0.05) is 30.3 Å². The van der Waals surface area contributed by atoms with Crippen LogP contribution in [-0.2, 0) is 0 Å². The normalized spacial score (nSPS) is 10.7. The first-order valence-corrected chi connectivity index (χ1v) is 10.2. The van der Waals surface area contributed by atoms with E-state index < -0.39 is 5.97 Å². The van der Waals surface area contributed by atoms with Crippen LogP contribution < -0.4 is 14.9 Å². The van der Waals surface area contributed by atoms with Crippen molar-refractivity contribution in [3.63, 3.8) is 0 Å². The number of ether oxygens (including phenoxy) is 2. The third-order valence-electron chi connectivity index (χ3n) is 4.81. The molecule has 4 rings (SSSR count). The Hall–Kier alpha value is -4.65. The Morgan fingerprint density at radius 2 is 1.61 bits per heavy atom. The summed E-state index contributed by atoms with van der Waals surface area (Å²) in [5.41, 5.74) is 4.89. The van der Waals surface area contributed by atoms with Gasteiger partial charge in [0.2, 0.25) is 0 Å². The fourth-order valence-electron chi connectivity index (χ4n) is 3.19. The van der Waals surface area contributed by atoms with E-state index in [1.807, 2.05) is 47.3 Å². The highest BCUT2D eigenvalue weighted by atomic mass is 16.6. The molecule has 7 heteroatoms. The fraction of sp³-hybridized carbons (Fsp3) is 0.0385. The molecule has 0 spiro atoms. The summed E-state index contributed by atoms with van der Waals surface area (Å²) in [6.07, 6.45) is 5.23. The minimum atomic E-state index is -0.482. The van der Waals surface area contributed by atoms with E-state index in [-0.39, 0.29) is 11.7 Å². The number of esters is 1. The maximum absolute atomic E-state index is 12.7. The van der Waals surface area contributed by atoms with Crippen molar-refractivity contribution in [2.45, 2.75) is 0 Å². The van der Waals surface area contributed by atoms with E-state index in [0.717, 1.165) is 5.69 Å². The van der Waals surface area contributed by atoms with Gasteiger partial charge in [-0.25, -0.2) is 10.2 Å². The van der Waals surface area contributed by atoms with Crippen molar-refractivity contribution in [1.29, 1.82) is 0 Å². The standard InChI is InChI=1S/C26H21N3O4/c1-32-24-17-19(13-14-23(24)33-26(31)20-9-3-2-4-10-20)18-27-28-25(30)21-11-5-6-12-22(21)29-15-7-8-16-29/h2-18H,1H3,(H,28,30)/b27-18-. The van der Waals surface area contributed by atoms with Crippen molar-refractivity contribution in [3.8, 4) is 17.2 Å². The summed E-state index contributed by atoms with van der Waals surface area (Å²) in [7, 11) is 1.48. The Morgan fingerprint density at radius 3 is 2.36 bits per heavy atom. The monoisotopic (exact) mass is 439 g/mol. The Kier molecular flexibility index (Phi) is 6.61. The van der Waals surface area contributed by atoms with Gasteiger partial charge in [-0.15, -0.1) is 0 Å². The van der Waals surface area contributed by atoms with Crippen molar-refractivity contribution in [2.24, 2.45) is 5.10 Å². The number of nitrogens with zero attached hydrogens (tertiary/aromatic N) is 2. The number of aromatic nitrogens is 1. The van der Waals surface area contributed by atoms with Crippen LogP contribution in [0.2, 0.25) is 0 Å². The van der Waals surface area contributed by atoms with Crippen LogP contribution in [0.5, 0.6) is 11.5 Å². The SMILES string of the molecule is COc1cc(/C=N\NC(=O)c2ccccc2-n2cccc2)ccc1OC(=O)c1ccccc1. The molecule has 164 valence electrons. The Morgan fingerprint density at radius 1 is 0.879 bits per heavy atom. The van der Waals surface area contributed by atoms with Gasteiger partial charge in [0.05, 0.1) is 30.1 Å². The molecule has 3 aromatic carbocycles. The second-order valence-electron chi connectivity index (χ2n) is 6.97. The average Bonchev–Trinajstić information content (AvgIpc) is 3.40. The van der Waals surface area contributed by atoms with Crippen molar-refractivity contribution < 1.29 is 19.1 Å². The lowest BCUT2D eigenvalue weighted by atomic mass is 10.1. The van der Waals surface area contributed by atoms with Gasteiger partial charge in [0, 0.05) is 12.4 Å². The topological polar surface area (TPSA) is 81.9 Å². The molecule has 33 heavy (non-hydrogen) atoms. The van der Waals surface area contributed by atoms with E-state index >= 15 is 0 Å². The van der Waals surface area contributed by atoms with E-state index in [1.54, 1.807) is 54.6 Å². The van der Waals surface area contributed by atoms with Crippen LogP contribution >= 0.6 is 0 Å². The van der Waals surface area contributed by atoms with Gasteiger partial charge in [0.25, 0.3) is 5.91 Å². The molecule has 0 unspecified atom stereocenters. The molecule has 1 aromatic heterocycles. The lowest BCUT2D eigenvalue weighted by Crippen LogP contribution is -2.19. The fourth-order valence-corrected chi connectivity index (χ4v) is 3.19. The maximum atomic E-state index is 12.7. The van der Waals surface area contributed by atoms with Gasteiger partial charge in [-0.3, -0.25) is 4.79 Å². The van der Waals surface area contributed by atoms with Crippen LogP contribution in [0, 0.1) is 0 Å². The van der Waals surface area contributed by atoms with Crippen LogP contribution in [0.3, 0.4) is 0 Å². The molecule has 1 heterocycles. The Labute approximate surface area is 190 Å². The minimum Gasteiger partial charge on any atom is -0.493 e. The Balaban J connectivity index is 1.45. The number of hydrogen-bond donors (Lipinski definition) is 1. The lowest BCUT2D eigenvalue weighted by Gasteiger charge is -2.10. The highest BCUT2D eigenvalue weighted by Crippen LogP contribution is 2.28. The van der Waals surface area contributed by atoms with E-state index in [4.69, 9.17) is 9.47 Å². The smallest absolute Gasteiger partial charge is 0.343 e. The molecule has 4 aromatic rings. The first-order chi connectivity index (χ1) is 16.2. The molecular weight excluding hydrogens is 418 g/mol. The maximum Gasteiger partial charge on any atom is 0.343 e. The number of nitrogens with one attached hydrogen (secondary N) is 1. The summed E-state index contributed by atoms with van der Waals surface area (Å²) in [4.78, 5) is 25.0. The first-order valence-electron chi connectivity index (χ1n) is 10.2. The summed E-state index contributed by atoms with van der Waals surface area (Å²) in [6.45, 7) is 0. The molecule has 0 saturated carbocycles. The van der Waals surface area contributed by atoms with Crippen molar-refractivity contribution in [3.05, 3.63) is 114 Å². The quantitative estimate of drug-likeness (QED) is 0.199. The van der Waals surface area contributed by atoms with Gasteiger partial charge in [0.1, 0.15) is 0 Å². The Bertz CT molecular complexity index is 1280. The first kappa shape index (κ1) is 21.6. The van der Waals surface area contributed by atoms with Crippen molar-refractivity contribution >= 4 is 18.1 Å². The summed E-state index contributed by atoms with van der Waals surface area (Å²) >= 11 is 0. The third kappa shape index (κ3) is 5.16. The summed E-state index contributed by atoms with van der Waals surface area (Å²) in [6, 6.07) is 24.7. The largest absolute Gasteiger partial charge is 0.493 e. The van der Waals surface area contributed by atoms with Crippen LogP contribution in [-0.4, -0.2) is 29.8 Å². The molecule has 1 amide bonds. The van der Waals surface area contributed by atoms with Gasteiger partial charge in [0.15, 0.2) is 11.5 Å². The predicted octanol–water partition coefficient (Wildman–Crippen LogP) is 4.47. The molecule has 0 bridgehead atoms. The summed E-state index contributed by atoms with van der Waals surface area (Å²) < 4.78 is 12.7. The zero-order valence-corrected chi connectivity index (χ0v) is 17.8. The zero-order valence-electron chi connectivity index (χ0n) is 17.8. The van der Waals surface area contributed by atoms with Gasteiger partial charge in [-0.05, 0) is 60.2 Å². The van der Waals surface area contributed by atoms with Crippen LogP contribution in [0.15, 0.2) is 102 Å². The second kappa shape index (κ2) is 10.1. The van der Waals surface area contributed by atoms with Gasteiger partial charge >= 0.3 is 5.97 Å². The molecule has 0 atom stereocenters. The van der Waals surface area contributed by atoms with Crippen molar-refractivity contribution in [1.82, 2.24) is 9.99 Å². The number of carbonyl (C=O) groups is 2. The van der Waals surface area contributed by atoms with E-state index in [1.165, 1.54) is 13.3 Å². The van der Waals surface area contributed by atoms with E-state index in [9.17, 15) is 9.59 Å². The number of para-hydroxylation sites is 1. The summed E-state index contributed by atoms with van der Waals surface area (Å²) in [5, 5.41) is 4.06. The minimum absolute atomic E-state index is 0.285. The highest BCUT2D eigenvalue weighted by molar-refractivity contribution is 5.98. The second-order valence-corrected chi connectivity index (χ2v) is 6.97. The number of hydrogen-bond acceptors (Lipinski definition) is 5.